The molecule has 0 spiro atoms. The second-order valence-corrected chi connectivity index (χ2v) is 9.38. The average Bonchev–Trinajstić information content (AvgIpc) is 2.89. The maximum atomic E-state index is 12.6. The van der Waals surface area contributed by atoms with Gasteiger partial charge in [-0.05, 0) is 55.8 Å². The minimum absolute atomic E-state index is 0.0883. The number of hydrogen-bond donors (Lipinski definition) is 0. The Labute approximate surface area is 168 Å². The summed E-state index contributed by atoms with van der Waals surface area (Å²) in [6, 6.07) is 15.4. The van der Waals surface area contributed by atoms with Gasteiger partial charge in [0.2, 0.25) is 5.76 Å². The molecule has 0 saturated heterocycles. The van der Waals surface area contributed by atoms with Gasteiger partial charge in [0.05, 0.1) is 16.0 Å². The molecular weight excluding hydrogens is 390 g/mol. The highest BCUT2D eigenvalue weighted by molar-refractivity contribution is 7.90. The molecule has 0 bridgehead atoms. The van der Waals surface area contributed by atoms with E-state index < -0.39 is 21.4 Å². The maximum Gasteiger partial charge on any atom is 0.375 e. The van der Waals surface area contributed by atoms with Crippen LogP contribution in [0, 0.1) is 0 Å². The minimum atomic E-state index is -3.32. The molecule has 4 rings (SSSR count). The normalized spacial score (nSPS) is 16.2. The molecule has 0 N–H and O–H groups in total. The van der Waals surface area contributed by atoms with Crippen molar-refractivity contribution in [2.75, 3.05) is 6.26 Å². The number of carbonyl (C=O) groups excluding carboxylic acids is 1. The summed E-state index contributed by atoms with van der Waals surface area (Å²) < 4.78 is 34.9. The molecule has 1 aliphatic heterocycles. The van der Waals surface area contributed by atoms with E-state index >= 15 is 0 Å². The smallest absolute Gasteiger partial charge is 0.375 e. The molecule has 0 atom stereocenters. The average molecular weight is 409 g/mol. The molecular formula is C22H19NO5S. The predicted molar refractivity (Wildman–Crippen MR) is 109 cm³/mol. The molecule has 0 radical (unpaired) electrons. The first-order chi connectivity index (χ1) is 13.6. The molecule has 0 fully saturated rings. The van der Waals surface area contributed by atoms with Crippen LogP contribution in [0.2, 0.25) is 0 Å². The number of ether oxygens (including phenoxy) is 2. The molecule has 3 aromatic rings. The van der Waals surface area contributed by atoms with Gasteiger partial charge in [0.25, 0.3) is 0 Å². The Morgan fingerprint density at radius 2 is 1.76 bits per heavy atom. The number of benzene rings is 2. The van der Waals surface area contributed by atoms with Gasteiger partial charge in [-0.3, -0.25) is 4.98 Å². The van der Waals surface area contributed by atoms with E-state index in [1.165, 1.54) is 12.1 Å². The van der Waals surface area contributed by atoms with Gasteiger partial charge in [-0.15, -0.1) is 0 Å². The van der Waals surface area contributed by atoms with Crippen molar-refractivity contribution in [3.8, 4) is 5.75 Å². The van der Waals surface area contributed by atoms with Crippen LogP contribution in [0.5, 0.6) is 5.75 Å². The van der Waals surface area contributed by atoms with Crippen LogP contribution in [0.3, 0.4) is 0 Å². The number of sulfone groups is 1. The second-order valence-electron chi connectivity index (χ2n) is 7.36. The van der Waals surface area contributed by atoms with Crippen molar-refractivity contribution in [1.82, 2.24) is 4.98 Å². The van der Waals surface area contributed by atoms with Gasteiger partial charge in [-0.1, -0.05) is 18.2 Å². The third kappa shape index (κ3) is 3.61. The van der Waals surface area contributed by atoms with Gasteiger partial charge < -0.3 is 9.47 Å². The Bertz CT molecular complexity index is 1260. The zero-order chi connectivity index (χ0) is 20.8. The molecule has 2 heterocycles. The van der Waals surface area contributed by atoms with Crippen molar-refractivity contribution in [2.45, 2.75) is 24.3 Å². The number of aromatic nitrogens is 1. The van der Waals surface area contributed by atoms with E-state index in [0.717, 1.165) is 17.2 Å². The molecule has 0 amide bonds. The second kappa shape index (κ2) is 6.70. The van der Waals surface area contributed by atoms with E-state index in [4.69, 9.17) is 9.47 Å². The van der Waals surface area contributed by atoms with Crippen molar-refractivity contribution < 1.29 is 22.7 Å². The van der Waals surface area contributed by atoms with Gasteiger partial charge in [0.15, 0.2) is 9.84 Å². The number of pyridine rings is 1. The SMILES string of the molecule is CC1(C)OC(=O)C(Oc2ccc3ncccc3c2)=C1c1ccc(S(C)(=O)=O)cc1. The van der Waals surface area contributed by atoms with Crippen LogP contribution in [-0.4, -0.2) is 31.2 Å². The van der Waals surface area contributed by atoms with Crippen LogP contribution in [0.4, 0.5) is 0 Å². The van der Waals surface area contributed by atoms with E-state index in [1.54, 1.807) is 44.3 Å². The van der Waals surface area contributed by atoms with E-state index in [-0.39, 0.29) is 10.7 Å². The van der Waals surface area contributed by atoms with Crippen molar-refractivity contribution >= 4 is 32.3 Å². The molecule has 0 unspecified atom stereocenters. The van der Waals surface area contributed by atoms with E-state index in [9.17, 15) is 13.2 Å². The highest BCUT2D eigenvalue weighted by atomic mass is 32.2. The lowest BCUT2D eigenvalue weighted by molar-refractivity contribution is -0.145. The molecule has 0 aliphatic carbocycles. The van der Waals surface area contributed by atoms with Crippen LogP contribution >= 0.6 is 0 Å². The Hall–Kier alpha value is -3.19. The summed E-state index contributed by atoms with van der Waals surface area (Å²) in [5, 5.41) is 0.885. The summed E-state index contributed by atoms with van der Waals surface area (Å²) >= 11 is 0. The van der Waals surface area contributed by atoms with Crippen molar-refractivity contribution in [3.05, 3.63) is 72.1 Å². The van der Waals surface area contributed by atoms with Gasteiger partial charge in [-0.25, -0.2) is 13.2 Å². The standard InChI is InChI=1S/C22H19NO5S/c1-22(2)19(14-6-9-17(10-7-14)29(3,25)26)20(21(24)28-22)27-16-8-11-18-15(13-16)5-4-12-23-18/h4-13H,1-3H3. The molecule has 2 aromatic carbocycles. The lowest BCUT2D eigenvalue weighted by Crippen LogP contribution is -2.22. The molecule has 1 aromatic heterocycles. The van der Waals surface area contributed by atoms with Crippen LogP contribution in [-0.2, 0) is 19.4 Å². The molecule has 148 valence electrons. The number of esters is 1. The first kappa shape index (κ1) is 19.1. The van der Waals surface area contributed by atoms with Gasteiger partial charge in [0, 0.05) is 17.8 Å². The Kier molecular flexibility index (Phi) is 4.42. The Morgan fingerprint density at radius 3 is 2.45 bits per heavy atom. The summed E-state index contributed by atoms with van der Waals surface area (Å²) in [7, 11) is -3.32. The predicted octanol–water partition coefficient (Wildman–Crippen LogP) is 3.76. The Morgan fingerprint density at radius 1 is 1.03 bits per heavy atom. The molecule has 7 heteroatoms. The van der Waals surface area contributed by atoms with E-state index in [1.807, 2.05) is 18.2 Å². The number of carbonyl (C=O) groups is 1. The van der Waals surface area contributed by atoms with Crippen LogP contribution in [0.15, 0.2) is 71.4 Å². The summed E-state index contributed by atoms with van der Waals surface area (Å²) in [6.07, 6.45) is 2.86. The topological polar surface area (TPSA) is 82.6 Å². The Balaban J connectivity index is 1.79. The fraction of sp³-hybridized carbons (Fsp3) is 0.182. The third-order valence-corrected chi connectivity index (χ3v) is 5.86. The number of rotatable bonds is 4. The quantitative estimate of drug-likeness (QED) is 0.610. The highest BCUT2D eigenvalue weighted by Crippen LogP contribution is 2.40. The molecule has 1 aliphatic rings. The third-order valence-electron chi connectivity index (χ3n) is 4.73. The summed E-state index contributed by atoms with van der Waals surface area (Å²) in [5.74, 6) is 0.00854. The van der Waals surface area contributed by atoms with Crippen LogP contribution < -0.4 is 4.74 Å². The summed E-state index contributed by atoms with van der Waals surface area (Å²) in [5.41, 5.74) is 1.12. The van der Waals surface area contributed by atoms with Gasteiger partial charge in [-0.2, -0.15) is 0 Å². The lowest BCUT2D eigenvalue weighted by atomic mass is 9.92. The number of cyclic esters (lactones) is 1. The van der Waals surface area contributed by atoms with Gasteiger partial charge in [0.1, 0.15) is 11.4 Å². The van der Waals surface area contributed by atoms with Crippen molar-refractivity contribution in [2.24, 2.45) is 0 Å². The van der Waals surface area contributed by atoms with Crippen molar-refractivity contribution in [1.29, 1.82) is 0 Å². The zero-order valence-corrected chi connectivity index (χ0v) is 17.0. The van der Waals surface area contributed by atoms with Crippen LogP contribution in [0.25, 0.3) is 16.5 Å². The summed E-state index contributed by atoms with van der Waals surface area (Å²) in [4.78, 5) is 17.0. The number of fused-ring (bicyclic) bond motifs is 1. The monoisotopic (exact) mass is 409 g/mol. The molecule has 6 nitrogen and oxygen atoms in total. The number of nitrogens with zero attached hydrogens (tertiary/aromatic N) is 1. The van der Waals surface area contributed by atoms with Crippen LogP contribution in [0.1, 0.15) is 19.4 Å². The largest absolute Gasteiger partial charge is 0.449 e. The first-order valence-electron chi connectivity index (χ1n) is 8.96. The van der Waals surface area contributed by atoms with Crippen molar-refractivity contribution in [3.63, 3.8) is 0 Å². The fourth-order valence-electron chi connectivity index (χ4n) is 3.38. The van der Waals surface area contributed by atoms with E-state index in [2.05, 4.69) is 4.98 Å². The molecule has 0 saturated carbocycles. The van der Waals surface area contributed by atoms with E-state index in [0.29, 0.717) is 16.9 Å². The fourth-order valence-corrected chi connectivity index (χ4v) is 4.01. The maximum absolute atomic E-state index is 12.6. The summed E-state index contributed by atoms with van der Waals surface area (Å²) in [6.45, 7) is 3.54. The molecule has 29 heavy (non-hydrogen) atoms. The van der Waals surface area contributed by atoms with Gasteiger partial charge >= 0.3 is 5.97 Å². The number of hydrogen-bond acceptors (Lipinski definition) is 6. The zero-order valence-electron chi connectivity index (χ0n) is 16.2. The lowest BCUT2D eigenvalue weighted by Gasteiger charge is -2.21. The minimum Gasteiger partial charge on any atom is -0.449 e. The first-order valence-corrected chi connectivity index (χ1v) is 10.9. The highest BCUT2D eigenvalue weighted by Gasteiger charge is 2.43.